The van der Waals surface area contributed by atoms with Gasteiger partial charge < -0.3 is 20.3 Å². The quantitative estimate of drug-likeness (QED) is 0.643. The van der Waals surface area contributed by atoms with Crippen LogP contribution in [0.15, 0.2) is 18.2 Å². The van der Waals surface area contributed by atoms with E-state index in [1.807, 2.05) is 0 Å². The summed E-state index contributed by atoms with van der Waals surface area (Å²) >= 11 is 0. The molecule has 0 fully saturated rings. The number of carbonyl (C=O) groups is 1. The number of phenols is 1. The van der Waals surface area contributed by atoms with Crippen LogP contribution in [0.5, 0.6) is 11.5 Å². The van der Waals surface area contributed by atoms with Crippen molar-refractivity contribution in [1.82, 2.24) is 5.32 Å². The van der Waals surface area contributed by atoms with Crippen molar-refractivity contribution in [2.45, 2.75) is 12.5 Å². The van der Waals surface area contributed by atoms with Crippen LogP contribution in [-0.4, -0.2) is 29.0 Å². The van der Waals surface area contributed by atoms with Gasteiger partial charge >= 0.3 is 6.09 Å². The molecule has 0 saturated heterocycles. The van der Waals surface area contributed by atoms with Gasteiger partial charge in [0.1, 0.15) is 18.1 Å². The van der Waals surface area contributed by atoms with Gasteiger partial charge in [0.15, 0.2) is 0 Å². The molecule has 0 unspecified atom stereocenters. The van der Waals surface area contributed by atoms with E-state index in [1.54, 1.807) is 12.1 Å². The number of carboxylic acid groups (broad SMARTS) is 1. The maximum Gasteiger partial charge on any atom is 0.405 e. The fraction of sp³-hybridized carbons (Fsp3) is 0.300. The molecule has 1 heterocycles. The molecule has 1 aliphatic heterocycles. The number of nitrogens with one attached hydrogen (secondary N) is 1. The van der Waals surface area contributed by atoms with Crippen LogP contribution in [0.3, 0.4) is 0 Å². The summed E-state index contributed by atoms with van der Waals surface area (Å²) in [4.78, 5) is 10.4. The molecule has 3 N–H and O–H groups in total. The summed E-state index contributed by atoms with van der Waals surface area (Å²) in [5.41, 5.74) is 0.901. The van der Waals surface area contributed by atoms with Crippen LogP contribution < -0.4 is 10.1 Å². The molecular weight excluding hydrogens is 198 g/mol. The van der Waals surface area contributed by atoms with Gasteiger partial charge in [0.05, 0.1) is 6.04 Å². The van der Waals surface area contributed by atoms with Gasteiger partial charge in [-0.1, -0.05) is 6.07 Å². The van der Waals surface area contributed by atoms with E-state index in [-0.39, 0.29) is 11.8 Å². The fourth-order valence-corrected chi connectivity index (χ4v) is 1.63. The van der Waals surface area contributed by atoms with Crippen molar-refractivity contribution in [2.24, 2.45) is 0 Å². The lowest BCUT2D eigenvalue weighted by atomic mass is 10.0. The highest BCUT2D eigenvalue weighted by Crippen LogP contribution is 2.28. The zero-order valence-corrected chi connectivity index (χ0v) is 7.93. The van der Waals surface area contributed by atoms with E-state index in [2.05, 4.69) is 5.32 Å². The normalized spacial score (nSPS) is 18.8. The summed E-state index contributed by atoms with van der Waals surface area (Å²) < 4.78 is 5.33. The SMILES string of the molecule is O=C(O)N[C@H]1COc2cc(O)ccc2C1. The van der Waals surface area contributed by atoms with E-state index in [1.165, 1.54) is 6.07 Å². The highest BCUT2D eigenvalue weighted by Gasteiger charge is 2.21. The molecular formula is C10H11NO4. The highest BCUT2D eigenvalue weighted by molar-refractivity contribution is 5.65. The van der Waals surface area contributed by atoms with Crippen molar-refractivity contribution < 1.29 is 19.7 Å². The van der Waals surface area contributed by atoms with Crippen LogP contribution in [0.25, 0.3) is 0 Å². The van der Waals surface area contributed by atoms with Crippen molar-refractivity contribution in [1.29, 1.82) is 0 Å². The van der Waals surface area contributed by atoms with Gasteiger partial charge in [-0.25, -0.2) is 4.79 Å². The molecule has 0 bridgehead atoms. The topological polar surface area (TPSA) is 78.8 Å². The Labute approximate surface area is 86.3 Å². The number of benzene rings is 1. The molecule has 5 heteroatoms. The molecule has 80 valence electrons. The van der Waals surface area contributed by atoms with Crippen molar-refractivity contribution in [2.75, 3.05) is 6.61 Å². The Morgan fingerprint density at radius 1 is 1.53 bits per heavy atom. The molecule has 0 radical (unpaired) electrons. The Bertz CT molecular complexity index is 391. The zero-order chi connectivity index (χ0) is 10.8. The summed E-state index contributed by atoms with van der Waals surface area (Å²) in [6.07, 6.45) is -0.465. The van der Waals surface area contributed by atoms with Crippen molar-refractivity contribution in [3.63, 3.8) is 0 Å². The summed E-state index contributed by atoms with van der Waals surface area (Å²) in [5.74, 6) is 0.775. The molecule has 1 aliphatic rings. The lowest BCUT2D eigenvalue weighted by Crippen LogP contribution is -2.41. The summed E-state index contributed by atoms with van der Waals surface area (Å²) in [6.45, 7) is 0.294. The van der Waals surface area contributed by atoms with Crippen LogP contribution in [-0.2, 0) is 6.42 Å². The van der Waals surface area contributed by atoms with Crippen LogP contribution in [0, 0.1) is 0 Å². The Kier molecular flexibility index (Phi) is 2.37. The highest BCUT2D eigenvalue weighted by atomic mass is 16.5. The molecule has 0 spiro atoms. The molecule has 0 aromatic heterocycles. The molecule has 0 aliphatic carbocycles. The smallest absolute Gasteiger partial charge is 0.405 e. The average molecular weight is 209 g/mol. The fourth-order valence-electron chi connectivity index (χ4n) is 1.63. The second-order valence-electron chi connectivity index (χ2n) is 3.45. The third-order valence-electron chi connectivity index (χ3n) is 2.28. The Hall–Kier alpha value is -1.91. The largest absolute Gasteiger partial charge is 0.508 e. The lowest BCUT2D eigenvalue weighted by molar-refractivity contribution is 0.176. The number of fused-ring (bicyclic) bond motifs is 1. The monoisotopic (exact) mass is 209 g/mol. The molecule has 1 aromatic rings. The number of ether oxygens (including phenoxy) is 1. The van der Waals surface area contributed by atoms with Gasteiger partial charge in [0.2, 0.25) is 0 Å². The summed E-state index contributed by atoms with van der Waals surface area (Å²) in [7, 11) is 0. The van der Waals surface area contributed by atoms with Gasteiger partial charge in [-0.15, -0.1) is 0 Å². The number of aromatic hydroxyl groups is 1. The van der Waals surface area contributed by atoms with E-state index >= 15 is 0 Å². The van der Waals surface area contributed by atoms with E-state index < -0.39 is 6.09 Å². The maximum atomic E-state index is 10.4. The van der Waals surface area contributed by atoms with E-state index in [4.69, 9.17) is 9.84 Å². The molecule has 0 saturated carbocycles. The van der Waals surface area contributed by atoms with E-state index in [9.17, 15) is 9.90 Å². The second kappa shape index (κ2) is 3.68. The number of hydrogen-bond donors (Lipinski definition) is 3. The van der Waals surface area contributed by atoms with E-state index in [0.717, 1.165) is 5.56 Å². The standard InChI is InChI=1S/C10H11NO4/c12-8-2-1-6-3-7(11-10(13)14)5-15-9(6)4-8/h1-2,4,7,11-12H,3,5H2,(H,13,14)/t7-/m1/s1. The lowest BCUT2D eigenvalue weighted by Gasteiger charge is -2.25. The first-order chi connectivity index (χ1) is 7.15. The third-order valence-corrected chi connectivity index (χ3v) is 2.28. The minimum absolute atomic E-state index is 0.151. The summed E-state index contributed by atoms with van der Waals surface area (Å²) in [6, 6.07) is 4.61. The predicted octanol–water partition coefficient (Wildman–Crippen LogP) is 0.963. The van der Waals surface area contributed by atoms with Gasteiger partial charge in [-0.2, -0.15) is 0 Å². The van der Waals surface area contributed by atoms with Crippen LogP contribution in [0.4, 0.5) is 4.79 Å². The first kappa shape index (κ1) is 9.64. The zero-order valence-electron chi connectivity index (χ0n) is 7.93. The Morgan fingerprint density at radius 3 is 3.07 bits per heavy atom. The van der Waals surface area contributed by atoms with Gasteiger partial charge in [0, 0.05) is 6.07 Å². The van der Waals surface area contributed by atoms with Crippen LogP contribution in [0.2, 0.25) is 0 Å². The minimum Gasteiger partial charge on any atom is -0.508 e. The average Bonchev–Trinajstić information content (AvgIpc) is 2.17. The van der Waals surface area contributed by atoms with E-state index in [0.29, 0.717) is 18.8 Å². The summed E-state index contributed by atoms with van der Waals surface area (Å²) in [5, 5.41) is 20.1. The molecule has 1 aromatic carbocycles. The molecule has 1 atom stereocenters. The first-order valence-electron chi connectivity index (χ1n) is 4.59. The number of hydrogen-bond acceptors (Lipinski definition) is 3. The van der Waals surface area contributed by atoms with Crippen LogP contribution in [0.1, 0.15) is 5.56 Å². The van der Waals surface area contributed by atoms with Gasteiger partial charge in [-0.05, 0) is 18.1 Å². The van der Waals surface area contributed by atoms with Crippen molar-refractivity contribution >= 4 is 6.09 Å². The maximum absolute atomic E-state index is 10.4. The molecule has 5 nitrogen and oxygen atoms in total. The predicted molar refractivity (Wildman–Crippen MR) is 52.3 cm³/mol. The molecule has 1 amide bonds. The minimum atomic E-state index is -1.05. The Balaban J connectivity index is 2.13. The number of rotatable bonds is 1. The van der Waals surface area contributed by atoms with Gasteiger partial charge in [-0.3, -0.25) is 0 Å². The third kappa shape index (κ3) is 2.12. The van der Waals surface area contributed by atoms with Crippen molar-refractivity contribution in [3.8, 4) is 11.5 Å². The number of amides is 1. The van der Waals surface area contributed by atoms with Crippen LogP contribution >= 0.6 is 0 Å². The van der Waals surface area contributed by atoms with Gasteiger partial charge in [0.25, 0.3) is 0 Å². The number of phenolic OH excluding ortho intramolecular Hbond substituents is 1. The molecule has 15 heavy (non-hydrogen) atoms. The second-order valence-corrected chi connectivity index (χ2v) is 3.45. The molecule has 2 rings (SSSR count). The Morgan fingerprint density at radius 2 is 2.33 bits per heavy atom. The van der Waals surface area contributed by atoms with Crippen molar-refractivity contribution in [3.05, 3.63) is 23.8 Å². The first-order valence-corrected chi connectivity index (χ1v) is 4.59.